The molecule has 1 unspecified atom stereocenters. The number of nitrogens with two attached hydrogens (primary N) is 1. The molecule has 0 saturated carbocycles. The van der Waals surface area contributed by atoms with Crippen LogP contribution in [0.5, 0.6) is 0 Å². The molecule has 1 amide bonds. The van der Waals surface area contributed by atoms with Gasteiger partial charge in [0.25, 0.3) is 0 Å². The monoisotopic (exact) mass is 320 g/mol. The molecule has 0 aliphatic heterocycles. The molecule has 6 heteroatoms. The third kappa shape index (κ3) is 6.87. The smallest absolute Gasteiger partial charge is 0.220 e. The van der Waals surface area contributed by atoms with Crippen molar-refractivity contribution in [2.45, 2.75) is 45.1 Å². The van der Waals surface area contributed by atoms with Crippen LogP contribution >= 0.6 is 12.4 Å². The lowest BCUT2D eigenvalue weighted by molar-refractivity contribution is -0.121. The van der Waals surface area contributed by atoms with Gasteiger partial charge in [-0.15, -0.1) is 12.4 Å². The van der Waals surface area contributed by atoms with Crippen LogP contribution in [-0.2, 0) is 11.2 Å². The van der Waals surface area contributed by atoms with Gasteiger partial charge in [0.05, 0.1) is 0 Å². The molecule has 0 spiro atoms. The fraction of sp³-hybridized carbons (Fsp3) is 0.533. The van der Waals surface area contributed by atoms with Crippen LogP contribution in [-0.4, -0.2) is 18.5 Å². The van der Waals surface area contributed by atoms with Crippen LogP contribution in [0, 0.1) is 11.6 Å². The van der Waals surface area contributed by atoms with Gasteiger partial charge < -0.3 is 11.1 Å². The fourth-order valence-electron chi connectivity index (χ4n) is 1.99. The van der Waals surface area contributed by atoms with E-state index in [9.17, 15) is 13.6 Å². The Balaban J connectivity index is 0.00000400. The van der Waals surface area contributed by atoms with Crippen LogP contribution in [0.3, 0.4) is 0 Å². The second-order valence-electron chi connectivity index (χ2n) is 4.86. The summed E-state index contributed by atoms with van der Waals surface area (Å²) in [6.07, 6.45) is 3.19. The summed E-state index contributed by atoms with van der Waals surface area (Å²) in [6, 6.07) is 3.95. The SMILES string of the molecule is CCCCC(CN)NC(=O)CCc1cccc(F)c1F.Cl. The Morgan fingerprint density at radius 3 is 2.71 bits per heavy atom. The van der Waals surface area contributed by atoms with Crippen molar-refractivity contribution < 1.29 is 13.6 Å². The number of carbonyl (C=O) groups is 1. The number of hydrogen-bond donors (Lipinski definition) is 2. The lowest BCUT2D eigenvalue weighted by Crippen LogP contribution is -2.40. The number of amides is 1. The van der Waals surface area contributed by atoms with Crippen LogP contribution in [0.2, 0.25) is 0 Å². The van der Waals surface area contributed by atoms with Gasteiger partial charge >= 0.3 is 0 Å². The maximum atomic E-state index is 13.4. The van der Waals surface area contributed by atoms with E-state index in [4.69, 9.17) is 5.73 Å². The first-order chi connectivity index (χ1) is 9.58. The number of aryl methyl sites for hydroxylation is 1. The lowest BCUT2D eigenvalue weighted by Gasteiger charge is -2.16. The Labute approximate surface area is 130 Å². The molecule has 0 saturated heterocycles. The number of halogens is 3. The Morgan fingerprint density at radius 2 is 2.10 bits per heavy atom. The van der Waals surface area contributed by atoms with E-state index >= 15 is 0 Å². The summed E-state index contributed by atoms with van der Waals surface area (Å²) < 4.78 is 26.4. The highest BCUT2D eigenvalue weighted by Crippen LogP contribution is 2.13. The standard InChI is InChI=1S/C15H22F2N2O.ClH/c1-2-3-6-12(10-18)19-14(20)9-8-11-5-4-7-13(16)15(11)17;/h4-5,7,12H,2-3,6,8-10,18H2,1H3,(H,19,20);1H. The van der Waals surface area contributed by atoms with Crippen molar-refractivity contribution in [3.05, 3.63) is 35.4 Å². The number of unbranched alkanes of at least 4 members (excludes halogenated alkanes) is 1. The zero-order valence-corrected chi connectivity index (χ0v) is 13.0. The first-order valence-corrected chi connectivity index (χ1v) is 7.00. The summed E-state index contributed by atoms with van der Waals surface area (Å²) in [5.41, 5.74) is 5.81. The van der Waals surface area contributed by atoms with Crippen LogP contribution in [0.1, 0.15) is 38.2 Å². The summed E-state index contributed by atoms with van der Waals surface area (Å²) in [5, 5.41) is 2.83. The van der Waals surface area contributed by atoms with Gasteiger partial charge in [0.2, 0.25) is 5.91 Å². The average molecular weight is 321 g/mol. The zero-order valence-electron chi connectivity index (χ0n) is 12.2. The van der Waals surface area contributed by atoms with Crippen molar-refractivity contribution >= 4 is 18.3 Å². The first-order valence-electron chi connectivity index (χ1n) is 7.00. The van der Waals surface area contributed by atoms with Crippen molar-refractivity contribution in [2.24, 2.45) is 5.73 Å². The van der Waals surface area contributed by atoms with E-state index in [2.05, 4.69) is 12.2 Å². The molecule has 0 heterocycles. The fourth-order valence-corrected chi connectivity index (χ4v) is 1.99. The normalized spacial score (nSPS) is 11.6. The Morgan fingerprint density at radius 1 is 1.38 bits per heavy atom. The molecule has 3 nitrogen and oxygen atoms in total. The van der Waals surface area contributed by atoms with Gasteiger partial charge in [-0.25, -0.2) is 8.78 Å². The Bertz CT molecular complexity index is 444. The highest BCUT2D eigenvalue weighted by Gasteiger charge is 2.12. The topological polar surface area (TPSA) is 55.1 Å². The van der Waals surface area contributed by atoms with E-state index in [1.165, 1.54) is 12.1 Å². The van der Waals surface area contributed by atoms with Crippen LogP contribution in [0.4, 0.5) is 8.78 Å². The number of nitrogens with one attached hydrogen (secondary N) is 1. The quantitative estimate of drug-likeness (QED) is 0.773. The maximum Gasteiger partial charge on any atom is 0.220 e. The summed E-state index contributed by atoms with van der Waals surface area (Å²) in [6.45, 7) is 2.46. The van der Waals surface area contributed by atoms with Gasteiger partial charge in [0.1, 0.15) is 0 Å². The van der Waals surface area contributed by atoms with E-state index in [1.54, 1.807) is 0 Å². The zero-order chi connectivity index (χ0) is 15.0. The number of benzene rings is 1. The second kappa shape index (κ2) is 10.5. The lowest BCUT2D eigenvalue weighted by atomic mass is 10.1. The number of hydrogen-bond acceptors (Lipinski definition) is 2. The minimum Gasteiger partial charge on any atom is -0.352 e. The van der Waals surface area contributed by atoms with E-state index < -0.39 is 11.6 Å². The van der Waals surface area contributed by atoms with Crippen LogP contribution < -0.4 is 11.1 Å². The third-order valence-electron chi connectivity index (χ3n) is 3.21. The van der Waals surface area contributed by atoms with Gasteiger partial charge in [0.15, 0.2) is 11.6 Å². The predicted octanol–water partition coefficient (Wildman–Crippen LogP) is 2.95. The molecule has 3 N–H and O–H groups in total. The summed E-state index contributed by atoms with van der Waals surface area (Å²) >= 11 is 0. The molecule has 0 aliphatic rings. The van der Waals surface area contributed by atoms with Crippen molar-refractivity contribution in [3.63, 3.8) is 0 Å². The van der Waals surface area contributed by atoms with E-state index in [0.717, 1.165) is 25.3 Å². The second-order valence-corrected chi connectivity index (χ2v) is 4.86. The molecular formula is C15H23ClF2N2O. The molecular weight excluding hydrogens is 298 g/mol. The summed E-state index contributed by atoms with van der Waals surface area (Å²) in [4.78, 5) is 11.8. The van der Waals surface area contributed by atoms with Crippen LogP contribution in [0.25, 0.3) is 0 Å². The number of rotatable bonds is 8. The molecule has 0 radical (unpaired) electrons. The number of carbonyl (C=O) groups excluding carboxylic acids is 1. The Hall–Kier alpha value is -1.20. The first kappa shape index (κ1) is 19.8. The predicted molar refractivity (Wildman–Crippen MR) is 82.4 cm³/mol. The van der Waals surface area contributed by atoms with Crippen molar-refractivity contribution in [1.29, 1.82) is 0 Å². The molecule has 21 heavy (non-hydrogen) atoms. The highest BCUT2D eigenvalue weighted by molar-refractivity contribution is 5.85. The van der Waals surface area contributed by atoms with Gasteiger partial charge in [-0.2, -0.15) is 0 Å². The molecule has 1 rings (SSSR count). The molecule has 1 aromatic rings. The van der Waals surface area contributed by atoms with Crippen molar-refractivity contribution in [1.82, 2.24) is 5.32 Å². The summed E-state index contributed by atoms with van der Waals surface area (Å²) in [7, 11) is 0. The molecule has 0 aromatic heterocycles. The van der Waals surface area contributed by atoms with E-state index in [0.29, 0.717) is 6.54 Å². The van der Waals surface area contributed by atoms with Crippen molar-refractivity contribution in [3.8, 4) is 0 Å². The van der Waals surface area contributed by atoms with E-state index in [1.807, 2.05) is 0 Å². The highest BCUT2D eigenvalue weighted by atomic mass is 35.5. The largest absolute Gasteiger partial charge is 0.352 e. The van der Waals surface area contributed by atoms with E-state index in [-0.39, 0.29) is 42.8 Å². The molecule has 1 atom stereocenters. The summed E-state index contributed by atoms with van der Waals surface area (Å²) in [5.74, 6) is -1.94. The van der Waals surface area contributed by atoms with Gasteiger partial charge in [-0.3, -0.25) is 4.79 Å². The average Bonchev–Trinajstić information content (AvgIpc) is 2.45. The van der Waals surface area contributed by atoms with Crippen LogP contribution in [0.15, 0.2) is 18.2 Å². The molecule has 120 valence electrons. The molecule has 0 aliphatic carbocycles. The van der Waals surface area contributed by atoms with Gasteiger partial charge in [-0.05, 0) is 24.5 Å². The van der Waals surface area contributed by atoms with Crippen molar-refractivity contribution in [2.75, 3.05) is 6.54 Å². The third-order valence-corrected chi connectivity index (χ3v) is 3.21. The van der Waals surface area contributed by atoms with Gasteiger partial charge in [0, 0.05) is 19.0 Å². The molecule has 0 bridgehead atoms. The minimum absolute atomic E-state index is 0. The molecule has 1 aromatic carbocycles. The minimum atomic E-state index is -0.884. The molecule has 0 fully saturated rings. The maximum absolute atomic E-state index is 13.4. The van der Waals surface area contributed by atoms with Gasteiger partial charge in [-0.1, -0.05) is 31.9 Å². The Kier molecular flexibility index (Phi) is 9.91.